The molecule has 4 N–H and O–H groups in total. The number of H-pyrrole nitrogens is 1. The minimum Gasteiger partial charge on any atom is -0.497 e. The van der Waals surface area contributed by atoms with E-state index in [1.54, 1.807) is 7.11 Å². The Morgan fingerprint density at radius 3 is 2.33 bits per heavy atom. The lowest BCUT2D eigenvalue weighted by molar-refractivity contribution is 0.174. The molecule has 0 radical (unpaired) electrons. The predicted molar refractivity (Wildman–Crippen MR) is 96.6 cm³/mol. The summed E-state index contributed by atoms with van der Waals surface area (Å²) in [6.07, 6.45) is 1.05. The van der Waals surface area contributed by atoms with Crippen LogP contribution in [0.5, 0.6) is 17.2 Å². The Morgan fingerprint density at radius 1 is 1.08 bits per heavy atom. The van der Waals surface area contributed by atoms with E-state index in [4.69, 9.17) is 14.2 Å². The lowest BCUT2D eigenvalue weighted by atomic mass is 10.1. The lowest BCUT2D eigenvalue weighted by Gasteiger charge is -2.00. The molecule has 1 aromatic heterocycles. The zero-order chi connectivity index (χ0) is 16.2. The summed E-state index contributed by atoms with van der Waals surface area (Å²) in [5.41, 5.74) is 3.84. The zero-order valence-corrected chi connectivity index (χ0v) is 14.4. The monoisotopic (exact) mass is 328 g/mol. The first-order chi connectivity index (χ1) is 11.2. The van der Waals surface area contributed by atoms with Crippen molar-refractivity contribution in [2.24, 2.45) is 0 Å². The van der Waals surface area contributed by atoms with E-state index in [0.717, 1.165) is 23.7 Å². The number of ether oxygens (including phenoxy) is 3. The Kier molecular flexibility index (Phi) is 5.71. The number of para-hydroxylation sites is 2. The summed E-state index contributed by atoms with van der Waals surface area (Å²) in [6, 6.07) is 13.8. The summed E-state index contributed by atoms with van der Waals surface area (Å²) in [5.74, 6) is 2.61. The fraction of sp³-hybridized carbons (Fsp3) is 0.263. The summed E-state index contributed by atoms with van der Waals surface area (Å²) in [7, 11) is 1.70. The van der Waals surface area contributed by atoms with Gasteiger partial charge in [0, 0.05) is 16.6 Å². The second-order valence-corrected chi connectivity index (χ2v) is 5.35. The average molecular weight is 328 g/mol. The third kappa shape index (κ3) is 3.46. The molecule has 5 heteroatoms. The van der Waals surface area contributed by atoms with E-state index >= 15 is 0 Å². The molecule has 0 unspecified atom stereocenters. The second-order valence-electron chi connectivity index (χ2n) is 5.35. The van der Waals surface area contributed by atoms with Gasteiger partial charge in [-0.15, -0.1) is 0 Å². The molecule has 1 aliphatic heterocycles. The molecule has 0 spiro atoms. The lowest BCUT2D eigenvalue weighted by Crippen LogP contribution is -1.92. The average Bonchev–Trinajstić information content (AvgIpc) is 3.17. The van der Waals surface area contributed by atoms with Crippen molar-refractivity contribution in [3.05, 3.63) is 53.7 Å². The Bertz CT molecular complexity index is 788. The van der Waals surface area contributed by atoms with Crippen LogP contribution in [-0.4, -0.2) is 18.9 Å². The zero-order valence-electron chi connectivity index (χ0n) is 14.4. The molecule has 2 heterocycles. The highest BCUT2D eigenvalue weighted by Crippen LogP contribution is 2.30. The summed E-state index contributed by atoms with van der Waals surface area (Å²) < 4.78 is 15.4. The molecule has 0 atom stereocenters. The molecule has 128 valence electrons. The molecule has 0 saturated heterocycles. The maximum atomic E-state index is 5.22. The number of rotatable bonds is 2. The van der Waals surface area contributed by atoms with Gasteiger partial charge < -0.3 is 25.3 Å². The number of methoxy groups -OCH3 is 1. The van der Waals surface area contributed by atoms with Gasteiger partial charge in [-0.25, -0.2) is 0 Å². The molecule has 0 saturated carbocycles. The summed E-state index contributed by atoms with van der Waals surface area (Å²) in [4.78, 5) is 3.37. The van der Waals surface area contributed by atoms with Crippen LogP contribution in [0.4, 0.5) is 0 Å². The van der Waals surface area contributed by atoms with Gasteiger partial charge in [0.05, 0.1) is 7.11 Å². The van der Waals surface area contributed by atoms with Crippen LogP contribution in [0.1, 0.15) is 18.2 Å². The fourth-order valence-electron chi connectivity index (χ4n) is 2.79. The quantitative estimate of drug-likeness (QED) is 0.719. The van der Waals surface area contributed by atoms with Gasteiger partial charge in [0.2, 0.25) is 6.79 Å². The van der Waals surface area contributed by atoms with Gasteiger partial charge in [-0.3, -0.25) is 0 Å². The van der Waals surface area contributed by atoms with Crippen molar-refractivity contribution in [1.29, 1.82) is 0 Å². The molecule has 24 heavy (non-hydrogen) atoms. The molecule has 0 fully saturated rings. The van der Waals surface area contributed by atoms with Crippen molar-refractivity contribution in [1.82, 2.24) is 11.1 Å². The van der Waals surface area contributed by atoms with E-state index < -0.39 is 0 Å². The van der Waals surface area contributed by atoms with Crippen molar-refractivity contribution < 1.29 is 14.2 Å². The van der Waals surface area contributed by atoms with Crippen LogP contribution >= 0.6 is 0 Å². The first-order valence-electron chi connectivity index (χ1n) is 7.72. The maximum absolute atomic E-state index is 5.22. The topological polar surface area (TPSA) is 78.5 Å². The number of hydrogen-bond acceptors (Lipinski definition) is 4. The van der Waals surface area contributed by atoms with E-state index in [1.807, 2.05) is 30.3 Å². The minimum atomic E-state index is 0. The van der Waals surface area contributed by atoms with Gasteiger partial charge in [0.25, 0.3) is 0 Å². The third-order valence-corrected chi connectivity index (χ3v) is 3.96. The van der Waals surface area contributed by atoms with E-state index in [-0.39, 0.29) is 6.15 Å². The summed E-state index contributed by atoms with van der Waals surface area (Å²) in [5, 5.41) is 1.28. The van der Waals surface area contributed by atoms with Gasteiger partial charge >= 0.3 is 0 Å². The first kappa shape index (κ1) is 17.7. The first-order valence-corrected chi connectivity index (χ1v) is 7.72. The number of aryl methyl sites for hydroxylation is 2. The molecule has 0 aliphatic carbocycles. The maximum Gasteiger partial charge on any atom is 0.231 e. The normalized spacial score (nSPS) is 11.5. The Labute approximate surface area is 142 Å². The molecule has 3 aromatic rings. The molecule has 0 bridgehead atoms. The highest BCUT2D eigenvalue weighted by Gasteiger charge is 2.09. The van der Waals surface area contributed by atoms with Crippen molar-refractivity contribution >= 4 is 10.9 Å². The van der Waals surface area contributed by atoms with Crippen LogP contribution in [0.25, 0.3) is 10.9 Å². The molecular formula is C19H24N2O3. The number of nitrogens with one attached hydrogen (secondary N) is 1. The smallest absolute Gasteiger partial charge is 0.231 e. The largest absolute Gasteiger partial charge is 0.497 e. The standard InChI is InChI=1S/C12H15NO.C7H6O2.H3N/c1-4-10-8(2)13-12-6-5-9(14-3)7-11(10)12;1-2-4-7-6(3-1)8-5-9-7;/h5-7,13H,4H2,1-3H3;1-4H,5H2;1H3. The Morgan fingerprint density at radius 2 is 1.75 bits per heavy atom. The SMILES string of the molecule is CCc1c(C)[nH]c2ccc(OC)cc12.N.c1ccc2c(c1)OCO2. The van der Waals surface area contributed by atoms with Gasteiger partial charge in [0.15, 0.2) is 11.5 Å². The molecule has 5 nitrogen and oxygen atoms in total. The van der Waals surface area contributed by atoms with Crippen molar-refractivity contribution in [2.45, 2.75) is 20.3 Å². The van der Waals surface area contributed by atoms with Gasteiger partial charge in [-0.05, 0) is 49.2 Å². The van der Waals surface area contributed by atoms with Crippen LogP contribution in [0.15, 0.2) is 42.5 Å². The van der Waals surface area contributed by atoms with Crippen LogP contribution < -0.4 is 20.4 Å². The molecule has 1 aliphatic rings. The second kappa shape index (κ2) is 7.75. The number of aromatic nitrogens is 1. The number of fused-ring (bicyclic) bond motifs is 2. The number of hydrogen-bond donors (Lipinski definition) is 2. The van der Waals surface area contributed by atoms with E-state index in [2.05, 4.69) is 31.0 Å². The fourth-order valence-corrected chi connectivity index (χ4v) is 2.79. The summed E-state index contributed by atoms with van der Waals surface area (Å²) in [6.45, 7) is 4.65. The van der Waals surface area contributed by atoms with Gasteiger partial charge in [-0.1, -0.05) is 19.1 Å². The van der Waals surface area contributed by atoms with E-state index in [9.17, 15) is 0 Å². The Hall–Kier alpha value is -2.66. The van der Waals surface area contributed by atoms with Gasteiger partial charge in [-0.2, -0.15) is 0 Å². The summed E-state index contributed by atoms with van der Waals surface area (Å²) >= 11 is 0. The molecule has 4 rings (SSSR count). The third-order valence-electron chi connectivity index (χ3n) is 3.96. The predicted octanol–water partition coefficient (Wildman–Crippen LogP) is 4.62. The van der Waals surface area contributed by atoms with Gasteiger partial charge in [0.1, 0.15) is 5.75 Å². The Balaban J connectivity index is 0.000000181. The van der Waals surface area contributed by atoms with Crippen LogP contribution in [0.2, 0.25) is 0 Å². The van der Waals surface area contributed by atoms with Crippen LogP contribution in [0.3, 0.4) is 0 Å². The molecule has 2 aromatic carbocycles. The van der Waals surface area contributed by atoms with Crippen molar-refractivity contribution in [3.8, 4) is 17.2 Å². The number of benzene rings is 2. The van der Waals surface area contributed by atoms with Crippen LogP contribution in [0, 0.1) is 6.92 Å². The molecular weight excluding hydrogens is 304 g/mol. The van der Waals surface area contributed by atoms with E-state index in [0.29, 0.717) is 6.79 Å². The minimum absolute atomic E-state index is 0. The van der Waals surface area contributed by atoms with Crippen molar-refractivity contribution in [3.63, 3.8) is 0 Å². The van der Waals surface area contributed by atoms with Crippen molar-refractivity contribution in [2.75, 3.05) is 13.9 Å². The van der Waals surface area contributed by atoms with Crippen LogP contribution in [-0.2, 0) is 6.42 Å². The van der Waals surface area contributed by atoms with E-state index in [1.165, 1.54) is 22.2 Å². The highest BCUT2D eigenvalue weighted by molar-refractivity contribution is 5.85. The number of aromatic amines is 1. The highest BCUT2D eigenvalue weighted by atomic mass is 16.7. The molecule has 0 amide bonds.